The normalized spacial score (nSPS) is 14.1. The molecule has 0 atom stereocenters. The maximum Gasteiger partial charge on any atom is 0.152 e. The van der Waals surface area contributed by atoms with E-state index in [0.717, 1.165) is 73.0 Å². The van der Waals surface area contributed by atoms with Crippen LogP contribution in [0.1, 0.15) is 42.6 Å². The van der Waals surface area contributed by atoms with Crippen molar-refractivity contribution in [3.05, 3.63) is 75.8 Å². The summed E-state index contributed by atoms with van der Waals surface area (Å²) in [7, 11) is 0. The number of aromatic nitrogens is 4. The molecule has 0 radical (unpaired) electrons. The molecular weight excluding hydrogens is 493 g/mol. The average molecular weight is 520 g/mol. The number of piperidine rings is 1. The van der Waals surface area contributed by atoms with E-state index in [1.807, 2.05) is 28.9 Å². The predicted molar refractivity (Wildman–Crippen MR) is 143 cm³/mol. The maximum absolute atomic E-state index is 8.95. The number of pyridine rings is 1. The fourth-order valence-corrected chi connectivity index (χ4v) is 5.04. The van der Waals surface area contributed by atoms with Gasteiger partial charge in [-0.1, -0.05) is 29.6 Å². The number of rotatable bonds is 8. The number of benzene rings is 1. The van der Waals surface area contributed by atoms with Gasteiger partial charge in [-0.3, -0.25) is 9.88 Å². The van der Waals surface area contributed by atoms with Crippen molar-refractivity contribution < 1.29 is 0 Å². The second-order valence-corrected chi connectivity index (χ2v) is 9.93. The van der Waals surface area contributed by atoms with Crippen LogP contribution in [0.3, 0.4) is 0 Å². The lowest BCUT2D eigenvalue weighted by atomic mass is 10.1. The molecule has 5 rings (SSSR count). The minimum atomic E-state index is 0.549. The number of hydrogen-bond donors (Lipinski definition) is 1. The zero-order valence-corrected chi connectivity index (χ0v) is 21.4. The van der Waals surface area contributed by atoms with E-state index in [1.54, 1.807) is 18.3 Å². The summed E-state index contributed by atoms with van der Waals surface area (Å²) in [5, 5.41) is 18.5. The number of aryl methyl sites for hydroxylation is 1. The minimum absolute atomic E-state index is 0.549. The molecule has 4 heterocycles. The third kappa shape index (κ3) is 5.79. The van der Waals surface area contributed by atoms with E-state index in [-0.39, 0.29) is 0 Å². The van der Waals surface area contributed by atoms with Gasteiger partial charge < -0.3 is 5.32 Å². The SMILES string of the molecule is N#Cc1ccc(CCCNc2nc(-c3ccc(Cl)cc3Cl)cn3nc(CN4CCCCC4)cc23)nc1. The summed E-state index contributed by atoms with van der Waals surface area (Å²) >= 11 is 12.6. The number of nitriles is 1. The summed E-state index contributed by atoms with van der Waals surface area (Å²) in [6.45, 7) is 3.79. The van der Waals surface area contributed by atoms with E-state index < -0.39 is 0 Å². The van der Waals surface area contributed by atoms with Gasteiger partial charge >= 0.3 is 0 Å². The number of anilines is 1. The van der Waals surface area contributed by atoms with E-state index >= 15 is 0 Å². The van der Waals surface area contributed by atoms with Gasteiger partial charge in [-0.15, -0.1) is 0 Å². The molecule has 0 spiro atoms. The molecule has 1 saturated heterocycles. The van der Waals surface area contributed by atoms with Crippen LogP contribution in [0.5, 0.6) is 0 Å². The number of nitrogens with one attached hydrogen (secondary N) is 1. The lowest BCUT2D eigenvalue weighted by molar-refractivity contribution is 0.218. The third-order valence-electron chi connectivity index (χ3n) is 6.40. The fourth-order valence-electron chi connectivity index (χ4n) is 4.54. The van der Waals surface area contributed by atoms with Crippen LogP contribution in [-0.2, 0) is 13.0 Å². The van der Waals surface area contributed by atoms with Crippen LogP contribution in [-0.4, -0.2) is 44.1 Å². The Kier molecular flexibility index (Phi) is 7.66. The van der Waals surface area contributed by atoms with Crippen molar-refractivity contribution in [3.8, 4) is 17.3 Å². The van der Waals surface area contributed by atoms with Gasteiger partial charge in [0.1, 0.15) is 11.6 Å². The highest BCUT2D eigenvalue weighted by Gasteiger charge is 2.16. The van der Waals surface area contributed by atoms with E-state index in [1.165, 1.54) is 19.3 Å². The predicted octanol–water partition coefficient (Wildman–Crippen LogP) is 6.00. The van der Waals surface area contributed by atoms with Crippen molar-refractivity contribution in [2.75, 3.05) is 25.0 Å². The number of nitrogens with zero attached hydrogens (tertiary/aromatic N) is 6. The standard InChI is InChI=1S/C27H27Cl2N7/c28-20-7-9-23(24(29)13-20)25-18-36-26(14-22(34-36)17-35-11-2-1-3-12-35)27(33-25)31-10-4-5-21-8-6-19(15-30)16-32-21/h6-9,13-14,16,18H,1-5,10-12,17H2,(H,31,33). The van der Waals surface area contributed by atoms with E-state index in [4.69, 9.17) is 38.5 Å². The van der Waals surface area contributed by atoms with Gasteiger partial charge in [0.25, 0.3) is 0 Å². The lowest BCUT2D eigenvalue weighted by Gasteiger charge is -2.25. The number of halogens is 2. The van der Waals surface area contributed by atoms with Gasteiger partial charge in [0.15, 0.2) is 5.82 Å². The van der Waals surface area contributed by atoms with E-state index in [9.17, 15) is 0 Å². The molecule has 3 aromatic heterocycles. The van der Waals surface area contributed by atoms with Crippen LogP contribution in [0.25, 0.3) is 16.8 Å². The van der Waals surface area contributed by atoms with Gasteiger partial charge in [-0.05, 0) is 75.2 Å². The van der Waals surface area contributed by atoms with Gasteiger partial charge in [0.05, 0.1) is 28.2 Å². The highest BCUT2D eigenvalue weighted by molar-refractivity contribution is 6.36. The molecule has 184 valence electrons. The van der Waals surface area contributed by atoms with Crippen LogP contribution in [0, 0.1) is 11.3 Å². The van der Waals surface area contributed by atoms with Crippen molar-refractivity contribution in [1.82, 2.24) is 24.5 Å². The molecule has 4 aromatic rings. The van der Waals surface area contributed by atoms with Crippen LogP contribution < -0.4 is 5.32 Å². The van der Waals surface area contributed by atoms with Gasteiger partial charge in [0, 0.05) is 35.6 Å². The Labute approximate surface area is 220 Å². The molecule has 1 fully saturated rings. The Hall–Kier alpha value is -3.18. The van der Waals surface area contributed by atoms with Crippen LogP contribution >= 0.6 is 23.2 Å². The molecule has 0 bridgehead atoms. The Morgan fingerprint density at radius 2 is 1.89 bits per heavy atom. The van der Waals surface area contributed by atoms with Crippen LogP contribution in [0.2, 0.25) is 10.0 Å². The van der Waals surface area contributed by atoms with Gasteiger partial charge in [-0.25, -0.2) is 9.50 Å². The number of likely N-dealkylation sites (tertiary alicyclic amines) is 1. The first-order chi connectivity index (χ1) is 17.6. The second-order valence-electron chi connectivity index (χ2n) is 9.08. The average Bonchev–Trinajstić information content (AvgIpc) is 3.30. The first-order valence-electron chi connectivity index (χ1n) is 12.2. The molecule has 0 aliphatic carbocycles. The third-order valence-corrected chi connectivity index (χ3v) is 6.95. The number of fused-ring (bicyclic) bond motifs is 1. The summed E-state index contributed by atoms with van der Waals surface area (Å²) in [5.41, 5.74) is 5.04. The molecule has 1 aromatic carbocycles. The fraction of sp³-hybridized carbons (Fsp3) is 0.333. The van der Waals surface area contributed by atoms with Crippen molar-refractivity contribution in [1.29, 1.82) is 5.26 Å². The Balaban J connectivity index is 1.38. The van der Waals surface area contributed by atoms with Crippen molar-refractivity contribution in [2.45, 2.75) is 38.6 Å². The van der Waals surface area contributed by atoms with E-state index in [0.29, 0.717) is 15.6 Å². The summed E-state index contributed by atoms with van der Waals surface area (Å²) in [5.74, 6) is 0.767. The van der Waals surface area contributed by atoms with Crippen molar-refractivity contribution >= 4 is 34.5 Å². The monoisotopic (exact) mass is 519 g/mol. The second kappa shape index (κ2) is 11.3. The smallest absolute Gasteiger partial charge is 0.152 e. The molecular formula is C27H27Cl2N7. The molecule has 0 amide bonds. The van der Waals surface area contributed by atoms with E-state index in [2.05, 4.69) is 27.3 Å². The highest BCUT2D eigenvalue weighted by atomic mass is 35.5. The molecule has 36 heavy (non-hydrogen) atoms. The topological polar surface area (TPSA) is 82.1 Å². The van der Waals surface area contributed by atoms with Gasteiger partial charge in [0.2, 0.25) is 0 Å². The summed E-state index contributed by atoms with van der Waals surface area (Å²) in [6, 6.07) is 13.4. The minimum Gasteiger partial charge on any atom is -0.368 e. The van der Waals surface area contributed by atoms with Crippen molar-refractivity contribution in [3.63, 3.8) is 0 Å². The molecule has 0 unspecified atom stereocenters. The lowest BCUT2D eigenvalue weighted by Crippen LogP contribution is -2.29. The molecule has 7 nitrogen and oxygen atoms in total. The molecule has 1 N–H and O–H groups in total. The zero-order valence-electron chi connectivity index (χ0n) is 19.9. The maximum atomic E-state index is 8.95. The quantitative estimate of drug-likeness (QED) is 0.287. The zero-order chi connectivity index (χ0) is 24.9. The highest BCUT2D eigenvalue weighted by Crippen LogP contribution is 2.31. The largest absolute Gasteiger partial charge is 0.368 e. The Morgan fingerprint density at radius 3 is 2.64 bits per heavy atom. The molecule has 9 heteroatoms. The van der Waals surface area contributed by atoms with Crippen LogP contribution in [0.4, 0.5) is 5.82 Å². The molecule has 1 aliphatic rings. The van der Waals surface area contributed by atoms with Crippen LogP contribution in [0.15, 0.2) is 48.8 Å². The first kappa shape index (κ1) is 24.5. The number of hydrogen-bond acceptors (Lipinski definition) is 6. The summed E-state index contributed by atoms with van der Waals surface area (Å²) < 4.78 is 1.90. The molecule has 1 aliphatic heterocycles. The summed E-state index contributed by atoms with van der Waals surface area (Å²) in [6.07, 6.45) is 9.01. The Bertz CT molecular complexity index is 1390. The van der Waals surface area contributed by atoms with Crippen molar-refractivity contribution in [2.24, 2.45) is 0 Å². The molecule has 0 saturated carbocycles. The Morgan fingerprint density at radius 1 is 1.03 bits per heavy atom. The first-order valence-corrected chi connectivity index (χ1v) is 13.0. The van der Waals surface area contributed by atoms with Gasteiger partial charge in [-0.2, -0.15) is 10.4 Å². The summed E-state index contributed by atoms with van der Waals surface area (Å²) in [4.78, 5) is 11.8.